The molecule has 0 saturated heterocycles. The summed E-state index contributed by atoms with van der Waals surface area (Å²) in [7, 11) is 1.51. The van der Waals surface area contributed by atoms with Gasteiger partial charge in [0, 0.05) is 23.2 Å². The minimum atomic E-state index is -0.313. The van der Waals surface area contributed by atoms with Crippen LogP contribution in [0.3, 0.4) is 0 Å². The zero-order valence-corrected chi connectivity index (χ0v) is 14.8. The third-order valence-corrected chi connectivity index (χ3v) is 3.74. The van der Waals surface area contributed by atoms with Gasteiger partial charge in [-0.05, 0) is 52.3 Å². The van der Waals surface area contributed by atoms with E-state index in [0.29, 0.717) is 32.2 Å². The lowest BCUT2D eigenvalue weighted by atomic mass is 10.2. The number of hydrogen-bond donors (Lipinski definition) is 2. The molecule has 23 heavy (non-hydrogen) atoms. The lowest BCUT2D eigenvalue weighted by Crippen LogP contribution is -2.13. The Kier molecular flexibility index (Phi) is 5.63. The van der Waals surface area contributed by atoms with Crippen LogP contribution in [0.1, 0.15) is 17.3 Å². The first kappa shape index (κ1) is 17.3. The maximum absolute atomic E-state index is 12.3. The molecule has 7 heteroatoms. The molecule has 2 aromatic carbocycles. The number of benzene rings is 2. The van der Waals surface area contributed by atoms with E-state index in [4.69, 9.17) is 16.3 Å². The van der Waals surface area contributed by atoms with Crippen molar-refractivity contribution < 1.29 is 14.3 Å². The van der Waals surface area contributed by atoms with Crippen LogP contribution < -0.4 is 15.4 Å². The first-order chi connectivity index (χ1) is 10.9. The van der Waals surface area contributed by atoms with Crippen LogP contribution in [0.25, 0.3) is 0 Å². The second-order valence-electron chi connectivity index (χ2n) is 4.68. The summed E-state index contributed by atoms with van der Waals surface area (Å²) in [5, 5.41) is 5.86. The number of ether oxygens (including phenoxy) is 1. The van der Waals surface area contributed by atoms with Crippen molar-refractivity contribution >= 4 is 50.7 Å². The first-order valence-corrected chi connectivity index (χ1v) is 7.80. The molecule has 0 bridgehead atoms. The van der Waals surface area contributed by atoms with Crippen LogP contribution >= 0.6 is 27.5 Å². The standard InChI is InChI=1S/C16H14BrClN2O3/c1-9(21)19-12-5-3-10(4-6-12)16(22)20-14-8-11(18)7-13(17)15(14)23-2/h3-8H,1-2H3,(H,19,21)(H,20,22). The van der Waals surface area contributed by atoms with Crippen LogP contribution in [0.5, 0.6) is 5.75 Å². The van der Waals surface area contributed by atoms with Gasteiger partial charge in [0.1, 0.15) is 0 Å². The van der Waals surface area contributed by atoms with E-state index in [1.54, 1.807) is 36.4 Å². The highest BCUT2D eigenvalue weighted by molar-refractivity contribution is 9.10. The summed E-state index contributed by atoms with van der Waals surface area (Å²) in [6.07, 6.45) is 0. The molecule has 5 nitrogen and oxygen atoms in total. The Hall–Kier alpha value is -2.05. The van der Waals surface area contributed by atoms with Gasteiger partial charge < -0.3 is 15.4 Å². The molecule has 0 aromatic heterocycles. The van der Waals surface area contributed by atoms with Gasteiger partial charge in [-0.3, -0.25) is 9.59 Å². The predicted molar refractivity (Wildman–Crippen MR) is 94.4 cm³/mol. The molecule has 2 aromatic rings. The number of carbonyl (C=O) groups is 2. The number of halogens is 2. The second kappa shape index (κ2) is 7.48. The van der Waals surface area contributed by atoms with E-state index in [1.807, 2.05) is 0 Å². The molecule has 0 aliphatic rings. The van der Waals surface area contributed by atoms with Crippen LogP contribution in [0.2, 0.25) is 5.02 Å². The van der Waals surface area contributed by atoms with Crippen LogP contribution in [0, 0.1) is 0 Å². The molecule has 2 amide bonds. The van der Waals surface area contributed by atoms with Gasteiger partial charge in [0.25, 0.3) is 5.91 Å². The topological polar surface area (TPSA) is 67.4 Å². The quantitative estimate of drug-likeness (QED) is 0.807. The van der Waals surface area contributed by atoms with Crippen LogP contribution in [0.4, 0.5) is 11.4 Å². The minimum absolute atomic E-state index is 0.171. The number of carbonyl (C=O) groups excluding carboxylic acids is 2. The molecule has 0 fully saturated rings. The van der Waals surface area contributed by atoms with Crippen molar-refractivity contribution in [1.29, 1.82) is 0 Å². The molecule has 0 radical (unpaired) electrons. The molecular weight excluding hydrogens is 384 g/mol. The number of hydrogen-bond acceptors (Lipinski definition) is 3. The lowest BCUT2D eigenvalue weighted by Gasteiger charge is -2.12. The molecular formula is C16H14BrClN2O3. The molecule has 0 spiro atoms. The number of anilines is 2. The maximum atomic E-state index is 12.3. The van der Waals surface area contributed by atoms with E-state index >= 15 is 0 Å². The van der Waals surface area contributed by atoms with Crippen LogP contribution in [-0.2, 0) is 4.79 Å². The SMILES string of the molecule is COc1c(Br)cc(Cl)cc1NC(=O)c1ccc(NC(C)=O)cc1. The number of rotatable bonds is 4. The molecule has 0 atom stereocenters. The van der Waals surface area contributed by atoms with Crippen molar-refractivity contribution in [3.63, 3.8) is 0 Å². The van der Waals surface area contributed by atoms with Gasteiger partial charge in [-0.25, -0.2) is 0 Å². The fourth-order valence-electron chi connectivity index (χ4n) is 1.96. The number of methoxy groups -OCH3 is 1. The Bertz CT molecular complexity index is 748. The Morgan fingerprint density at radius 3 is 2.35 bits per heavy atom. The lowest BCUT2D eigenvalue weighted by molar-refractivity contribution is -0.114. The summed E-state index contributed by atoms with van der Waals surface area (Å²) in [6.45, 7) is 1.42. The van der Waals surface area contributed by atoms with Gasteiger partial charge in [-0.15, -0.1) is 0 Å². The number of amides is 2. The Labute approximate surface area is 147 Å². The van der Waals surface area contributed by atoms with Crippen molar-refractivity contribution in [3.8, 4) is 5.75 Å². The Morgan fingerprint density at radius 1 is 1.13 bits per heavy atom. The molecule has 2 N–H and O–H groups in total. The number of nitrogens with one attached hydrogen (secondary N) is 2. The van der Waals surface area contributed by atoms with Crippen molar-refractivity contribution in [3.05, 3.63) is 51.5 Å². The van der Waals surface area contributed by atoms with Gasteiger partial charge in [0.15, 0.2) is 5.75 Å². The molecule has 120 valence electrons. The van der Waals surface area contributed by atoms with E-state index in [9.17, 15) is 9.59 Å². The third kappa shape index (κ3) is 4.46. The summed E-state index contributed by atoms with van der Waals surface area (Å²) in [5.74, 6) is 0.000161. The largest absolute Gasteiger partial charge is 0.493 e. The van der Waals surface area contributed by atoms with Crippen molar-refractivity contribution in [2.45, 2.75) is 6.92 Å². The third-order valence-electron chi connectivity index (χ3n) is 2.93. The molecule has 0 heterocycles. The fraction of sp³-hybridized carbons (Fsp3) is 0.125. The van der Waals surface area contributed by atoms with Gasteiger partial charge >= 0.3 is 0 Å². The van der Waals surface area contributed by atoms with Crippen molar-refractivity contribution in [2.24, 2.45) is 0 Å². The van der Waals surface area contributed by atoms with Gasteiger partial charge in [-0.2, -0.15) is 0 Å². The van der Waals surface area contributed by atoms with Crippen molar-refractivity contribution in [1.82, 2.24) is 0 Å². The normalized spacial score (nSPS) is 10.1. The highest BCUT2D eigenvalue weighted by atomic mass is 79.9. The summed E-state index contributed by atoms with van der Waals surface area (Å²) in [5.41, 5.74) is 1.53. The molecule has 0 aliphatic heterocycles. The zero-order valence-electron chi connectivity index (χ0n) is 12.4. The smallest absolute Gasteiger partial charge is 0.255 e. The van der Waals surface area contributed by atoms with E-state index in [1.165, 1.54) is 14.0 Å². The molecule has 0 unspecified atom stereocenters. The zero-order chi connectivity index (χ0) is 17.0. The van der Waals surface area contributed by atoms with Gasteiger partial charge in [0.05, 0.1) is 17.3 Å². The average Bonchev–Trinajstić information content (AvgIpc) is 2.47. The first-order valence-electron chi connectivity index (χ1n) is 6.62. The van der Waals surface area contributed by atoms with E-state index in [2.05, 4.69) is 26.6 Å². The van der Waals surface area contributed by atoms with E-state index in [0.717, 1.165) is 0 Å². The molecule has 0 aliphatic carbocycles. The summed E-state index contributed by atoms with van der Waals surface area (Å²) >= 11 is 9.34. The monoisotopic (exact) mass is 396 g/mol. The molecule has 0 saturated carbocycles. The van der Waals surface area contributed by atoms with E-state index in [-0.39, 0.29) is 11.8 Å². The van der Waals surface area contributed by atoms with Crippen LogP contribution in [0.15, 0.2) is 40.9 Å². The summed E-state index contributed by atoms with van der Waals surface area (Å²) < 4.78 is 5.91. The summed E-state index contributed by atoms with van der Waals surface area (Å²) in [4.78, 5) is 23.3. The van der Waals surface area contributed by atoms with Gasteiger partial charge in [-0.1, -0.05) is 11.6 Å². The Morgan fingerprint density at radius 2 is 1.78 bits per heavy atom. The predicted octanol–water partition coefficient (Wildman–Crippen LogP) is 4.32. The fourth-order valence-corrected chi connectivity index (χ4v) is 2.94. The second-order valence-corrected chi connectivity index (χ2v) is 5.97. The summed E-state index contributed by atoms with van der Waals surface area (Å²) in [6, 6.07) is 9.83. The highest BCUT2D eigenvalue weighted by Crippen LogP contribution is 2.36. The highest BCUT2D eigenvalue weighted by Gasteiger charge is 2.13. The molecule has 2 rings (SSSR count). The average molecular weight is 398 g/mol. The van der Waals surface area contributed by atoms with Gasteiger partial charge in [0.2, 0.25) is 5.91 Å². The maximum Gasteiger partial charge on any atom is 0.255 e. The Balaban J connectivity index is 2.21. The minimum Gasteiger partial charge on any atom is -0.493 e. The van der Waals surface area contributed by atoms with E-state index < -0.39 is 0 Å². The van der Waals surface area contributed by atoms with Crippen molar-refractivity contribution in [2.75, 3.05) is 17.7 Å². The van der Waals surface area contributed by atoms with Crippen LogP contribution in [-0.4, -0.2) is 18.9 Å².